The molecule has 1 aromatic carbocycles. The Morgan fingerprint density at radius 1 is 1.18 bits per heavy atom. The molecular weight excluding hydrogens is 228 g/mol. The number of thiazole rings is 1. The van der Waals surface area contributed by atoms with Gasteiger partial charge in [0.2, 0.25) is 0 Å². The Morgan fingerprint density at radius 3 is 2.76 bits per heavy atom. The lowest BCUT2D eigenvalue weighted by atomic mass is 10.1. The standard InChI is InChI=1S/C14H18N2S/c1-2-9-15-10-8-13-14(16-11-17-13)12-6-4-3-5-7-12/h3-7,11,15H,2,8-10H2,1H3. The lowest BCUT2D eigenvalue weighted by molar-refractivity contribution is 0.674. The molecule has 2 rings (SSSR count). The van der Waals surface area contributed by atoms with Gasteiger partial charge in [0.1, 0.15) is 0 Å². The van der Waals surface area contributed by atoms with Gasteiger partial charge in [-0.15, -0.1) is 11.3 Å². The van der Waals surface area contributed by atoms with Crippen molar-refractivity contribution in [3.05, 3.63) is 40.7 Å². The van der Waals surface area contributed by atoms with Crippen LogP contribution in [0.25, 0.3) is 11.3 Å². The van der Waals surface area contributed by atoms with Crippen LogP contribution in [0.2, 0.25) is 0 Å². The number of nitrogens with one attached hydrogen (secondary N) is 1. The summed E-state index contributed by atoms with van der Waals surface area (Å²) in [5.41, 5.74) is 4.31. The molecule has 0 aliphatic rings. The summed E-state index contributed by atoms with van der Waals surface area (Å²) in [6.07, 6.45) is 2.25. The molecule has 0 bridgehead atoms. The van der Waals surface area contributed by atoms with Crippen LogP contribution in [0.4, 0.5) is 0 Å². The molecule has 1 aromatic heterocycles. The summed E-state index contributed by atoms with van der Waals surface area (Å²) in [4.78, 5) is 5.85. The van der Waals surface area contributed by atoms with E-state index in [0.717, 1.165) is 25.2 Å². The Hall–Kier alpha value is -1.19. The molecule has 90 valence electrons. The predicted molar refractivity (Wildman–Crippen MR) is 74.4 cm³/mol. The van der Waals surface area contributed by atoms with Crippen molar-refractivity contribution in [3.8, 4) is 11.3 Å². The van der Waals surface area contributed by atoms with Gasteiger partial charge in [-0.05, 0) is 19.4 Å². The topological polar surface area (TPSA) is 24.9 Å². The molecule has 1 heterocycles. The minimum atomic E-state index is 1.04. The Labute approximate surface area is 107 Å². The Morgan fingerprint density at radius 2 is 2.00 bits per heavy atom. The fourth-order valence-corrected chi connectivity index (χ4v) is 2.57. The van der Waals surface area contributed by atoms with Crippen molar-refractivity contribution in [2.75, 3.05) is 13.1 Å². The monoisotopic (exact) mass is 246 g/mol. The molecule has 0 atom stereocenters. The van der Waals surface area contributed by atoms with Crippen molar-refractivity contribution in [3.63, 3.8) is 0 Å². The molecule has 0 spiro atoms. The zero-order valence-corrected chi connectivity index (χ0v) is 11.0. The van der Waals surface area contributed by atoms with Gasteiger partial charge in [-0.3, -0.25) is 0 Å². The van der Waals surface area contributed by atoms with Gasteiger partial charge in [0, 0.05) is 17.0 Å². The SMILES string of the molecule is CCCNCCc1scnc1-c1ccccc1. The van der Waals surface area contributed by atoms with Gasteiger partial charge in [0.25, 0.3) is 0 Å². The first kappa shape index (κ1) is 12.3. The average Bonchev–Trinajstić information content (AvgIpc) is 2.84. The van der Waals surface area contributed by atoms with Gasteiger partial charge in [0.05, 0.1) is 11.2 Å². The van der Waals surface area contributed by atoms with E-state index >= 15 is 0 Å². The minimum Gasteiger partial charge on any atom is -0.316 e. The van der Waals surface area contributed by atoms with E-state index in [1.54, 1.807) is 11.3 Å². The highest BCUT2D eigenvalue weighted by molar-refractivity contribution is 7.10. The second-order valence-corrected chi connectivity index (χ2v) is 4.93. The maximum atomic E-state index is 4.48. The van der Waals surface area contributed by atoms with Gasteiger partial charge in [-0.2, -0.15) is 0 Å². The average molecular weight is 246 g/mol. The fraction of sp³-hybridized carbons (Fsp3) is 0.357. The molecule has 0 aliphatic heterocycles. The van der Waals surface area contributed by atoms with Gasteiger partial charge in [-0.25, -0.2) is 4.98 Å². The molecule has 0 saturated heterocycles. The molecule has 17 heavy (non-hydrogen) atoms. The van der Waals surface area contributed by atoms with E-state index in [0.29, 0.717) is 0 Å². The lowest BCUT2D eigenvalue weighted by Crippen LogP contribution is -2.17. The molecule has 1 N–H and O–H groups in total. The Kier molecular flexibility index (Phi) is 4.71. The van der Waals surface area contributed by atoms with E-state index in [2.05, 4.69) is 41.5 Å². The molecule has 2 nitrogen and oxygen atoms in total. The van der Waals surface area contributed by atoms with Gasteiger partial charge in [0.15, 0.2) is 0 Å². The summed E-state index contributed by atoms with van der Waals surface area (Å²) in [6.45, 7) is 4.32. The van der Waals surface area contributed by atoms with E-state index in [9.17, 15) is 0 Å². The maximum absolute atomic E-state index is 4.48. The van der Waals surface area contributed by atoms with Gasteiger partial charge in [-0.1, -0.05) is 37.3 Å². The summed E-state index contributed by atoms with van der Waals surface area (Å²) in [5, 5.41) is 3.43. The quantitative estimate of drug-likeness (QED) is 0.791. The molecule has 2 aromatic rings. The number of nitrogens with zero attached hydrogens (tertiary/aromatic N) is 1. The first-order valence-corrected chi connectivity index (χ1v) is 6.98. The van der Waals surface area contributed by atoms with Crippen LogP contribution in [0.1, 0.15) is 18.2 Å². The van der Waals surface area contributed by atoms with Crippen molar-refractivity contribution in [2.24, 2.45) is 0 Å². The van der Waals surface area contributed by atoms with Crippen LogP contribution in [0.3, 0.4) is 0 Å². The molecule has 0 unspecified atom stereocenters. The highest BCUT2D eigenvalue weighted by Crippen LogP contribution is 2.25. The maximum Gasteiger partial charge on any atom is 0.0843 e. The summed E-state index contributed by atoms with van der Waals surface area (Å²) >= 11 is 1.75. The molecule has 0 radical (unpaired) electrons. The molecular formula is C14H18N2S. The second kappa shape index (κ2) is 6.52. The van der Waals surface area contributed by atoms with Gasteiger partial charge < -0.3 is 5.32 Å². The van der Waals surface area contributed by atoms with E-state index < -0.39 is 0 Å². The highest BCUT2D eigenvalue weighted by Gasteiger charge is 2.07. The lowest BCUT2D eigenvalue weighted by Gasteiger charge is -2.04. The smallest absolute Gasteiger partial charge is 0.0843 e. The third kappa shape index (κ3) is 3.38. The van der Waals surface area contributed by atoms with Crippen molar-refractivity contribution in [1.82, 2.24) is 10.3 Å². The molecule has 0 fully saturated rings. The summed E-state index contributed by atoms with van der Waals surface area (Å²) in [6, 6.07) is 10.4. The van der Waals surface area contributed by atoms with E-state index in [1.807, 2.05) is 11.6 Å². The van der Waals surface area contributed by atoms with Crippen molar-refractivity contribution in [2.45, 2.75) is 19.8 Å². The third-order valence-electron chi connectivity index (χ3n) is 2.64. The number of aromatic nitrogens is 1. The summed E-state index contributed by atoms with van der Waals surface area (Å²) < 4.78 is 0. The number of rotatable bonds is 6. The molecule has 3 heteroatoms. The van der Waals surface area contributed by atoms with Crippen LogP contribution in [-0.4, -0.2) is 18.1 Å². The first-order valence-electron chi connectivity index (χ1n) is 6.10. The van der Waals surface area contributed by atoms with Crippen molar-refractivity contribution in [1.29, 1.82) is 0 Å². The van der Waals surface area contributed by atoms with Crippen LogP contribution in [0.5, 0.6) is 0 Å². The zero-order valence-electron chi connectivity index (χ0n) is 10.1. The van der Waals surface area contributed by atoms with E-state index in [-0.39, 0.29) is 0 Å². The third-order valence-corrected chi connectivity index (χ3v) is 3.54. The first-order chi connectivity index (χ1) is 8.42. The Bertz CT molecular complexity index is 436. The van der Waals surface area contributed by atoms with Crippen molar-refractivity contribution < 1.29 is 0 Å². The fourth-order valence-electron chi connectivity index (χ4n) is 1.78. The predicted octanol–water partition coefficient (Wildman–Crippen LogP) is 3.35. The number of benzene rings is 1. The number of hydrogen-bond acceptors (Lipinski definition) is 3. The minimum absolute atomic E-state index is 1.04. The largest absolute Gasteiger partial charge is 0.316 e. The molecule has 0 saturated carbocycles. The molecule has 0 aliphatic carbocycles. The van der Waals surface area contributed by atoms with Crippen LogP contribution in [-0.2, 0) is 6.42 Å². The van der Waals surface area contributed by atoms with Crippen LogP contribution >= 0.6 is 11.3 Å². The molecule has 0 amide bonds. The van der Waals surface area contributed by atoms with Crippen molar-refractivity contribution >= 4 is 11.3 Å². The second-order valence-electron chi connectivity index (χ2n) is 3.99. The zero-order chi connectivity index (χ0) is 11.9. The van der Waals surface area contributed by atoms with E-state index in [4.69, 9.17) is 0 Å². The highest BCUT2D eigenvalue weighted by atomic mass is 32.1. The summed E-state index contributed by atoms with van der Waals surface area (Å²) in [5.74, 6) is 0. The van der Waals surface area contributed by atoms with Crippen LogP contribution < -0.4 is 5.32 Å². The van der Waals surface area contributed by atoms with Crippen LogP contribution in [0.15, 0.2) is 35.8 Å². The number of hydrogen-bond donors (Lipinski definition) is 1. The summed E-state index contributed by atoms with van der Waals surface area (Å²) in [7, 11) is 0. The Balaban J connectivity index is 2.02. The van der Waals surface area contributed by atoms with Crippen LogP contribution in [0, 0.1) is 0 Å². The normalized spacial score (nSPS) is 10.6. The van der Waals surface area contributed by atoms with E-state index in [1.165, 1.54) is 16.9 Å². The van der Waals surface area contributed by atoms with Gasteiger partial charge >= 0.3 is 0 Å².